The molecule has 168 valence electrons. The Morgan fingerprint density at radius 3 is 2.29 bits per heavy atom. The number of benzene rings is 2. The predicted molar refractivity (Wildman–Crippen MR) is 131 cm³/mol. The normalized spacial score (nSPS) is 11.7. The average Bonchev–Trinajstić information content (AvgIpc) is 2.73. The molecule has 0 heterocycles. The van der Waals surface area contributed by atoms with E-state index in [4.69, 9.17) is 0 Å². The average molecular weight is 441 g/mol. The SMILES string of the molecule is CCCCNC(=O)[C@H](CC)N(Cc1ccccc1)C(=O)CSCc1cc(C)cc(C)c1. The van der Waals surface area contributed by atoms with Crippen LogP contribution < -0.4 is 5.32 Å². The molecule has 0 aromatic heterocycles. The number of nitrogens with one attached hydrogen (secondary N) is 1. The summed E-state index contributed by atoms with van der Waals surface area (Å²) in [5, 5.41) is 3.01. The topological polar surface area (TPSA) is 49.4 Å². The zero-order valence-electron chi connectivity index (χ0n) is 19.3. The van der Waals surface area contributed by atoms with Crippen LogP contribution in [0.5, 0.6) is 0 Å². The molecule has 5 heteroatoms. The summed E-state index contributed by atoms with van der Waals surface area (Å²) >= 11 is 1.61. The molecule has 1 atom stereocenters. The molecule has 0 aliphatic carbocycles. The van der Waals surface area contributed by atoms with Crippen molar-refractivity contribution < 1.29 is 9.59 Å². The number of hydrogen-bond acceptors (Lipinski definition) is 3. The highest BCUT2D eigenvalue weighted by Crippen LogP contribution is 2.19. The molecule has 31 heavy (non-hydrogen) atoms. The smallest absolute Gasteiger partial charge is 0.242 e. The van der Waals surface area contributed by atoms with E-state index >= 15 is 0 Å². The Kier molecular flexibility index (Phi) is 10.6. The number of thioether (sulfide) groups is 1. The maximum absolute atomic E-state index is 13.2. The van der Waals surface area contributed by atoms with Crippen molar-refractivity contribution in [3.63, 3.8) is 0 Å². The third-order valence-electron chi connectivity index (χ3n) is 5.19. The van der Waals surface area contributed by atoms with Crippen molar-refractivity contribution in [1.29, 1.82) is 0 Å². The van der Waals surface area contributed by atoms with Crippen molar-refractivity contribution in [1.82, 2.24) is 10.2 Å². The molecule has 0 spiro atoms. The summed E-state index contributed by atoms with van der Waals surface area (Å²) in [6.45, 7) is 9.36. The van der Waals surface area contributed by atoms with Gasteiger partial charge in [0.15, 0.2) is 0 Å². The standard InChI is InChI=1S/C26H36N2O2S/c1-5-7-13-27-26(30)24(6-2)28(17-22-11-9-8-10-12-22)25(29)19-31-18-23-15-20(3)14-21(4)16-23/h8-12,14-16,24H,5-7,13,17-19H2,1-4H3,(H,27,30)/t24-/m0/s1. The van der Waals surface area contributed by atoms with Gasteiger partial charge in [-0.25, -0.2) is 0 Å². The Labute approximate surface area is 191 Å². The highest BCUT2D eigenvalue weighted by Gasteiger charge is 2.28. The van der Waals surface area contributed by atoms with E-state index in [0.717, 1.165) is 24.2 Å². The van der Waals surface area contributed by atoms with E-state index in [1.807, 2.05) is 37.3 Å². The first-order chi connectivity index (χ1) is 14.9. The molecule has 0 bridgehead atoms. The van der Waals surface area contributed by atoms with E-state index in [0.29, 0.717) is 25.3 Å². The van der Waals surface area contributed by atoms with Gasteiger partial charge in [0.1, 0.15) is 6.04 Å². The third-order valence-corrected chi connectivity index (χ3v) is 6.18. The largest absolute Gasteiger partial charge is 0.354 e. The molecule has 2 rings (SSSR count). The second-order valence-corrected chi connectivity index (χ2v) is 9.05. The summed E-state index contributed by atoms with van der Waals surface area (Å²) in [7, 11) is 0. The fourth-order valence-electron chi connectivity index (χ4n) is 3.70. The molecule has 2 aromatic carbocycles. The van der Waals surface area contributed by atoms with E-state index in [2.05, 4.69) is 44.3 Å². The molecule has 0 fully saturated rings. The number of hydrogen-bond donors (Lipinski definition) is 1. The maximum Gasteiger partial charge on any atom is 0.242 e. The van der Waals surface area contributed by atoms with Gasteiger partial charge in [0.05, 0.1) is 5.75 Å². The molecule has 0 radical (unpaired) electrons. The number of amides is 2. The van der Waals surface area contributed by atoms with Gasteiger partial charge in [-0.05, 0) is 37.8 Å². The molecule has 0 aliphatic rings. The highest BCUT2D eigenvalue weighted by molar-refractivity contribution is 7.99. The summed E-state index contributed by atoms with van der Waals surface area (Å²) in [6.07, 6.45) is 2.57. The van der Waals surface area contributed by atoms with Gasteiger partial charge in [-0.15, -0.1) is 11.8 Å². The van der Waals surface area contributed by atoms with Gasteiger partial charge in [-0.3, -0.25) is 9.59 Å². The fourth-order valence-corrected chi connectivity index (χ4v) is 4.54. The minimum Gasteiger partial charge on any atom is -0.354 e. The Morgan fingerprint density at radius 2 is 1.68 bits per heavy atom. The Balaban J connectivity index is 2.08. The van der Waals surface area contributed by atoms with E-state index in [-0.39, 0.29) is 11.8 Å². The Hall–Kier alpha value is -2.27. The van der Waals surface area contributed by atoms with Gasteiger partial charge in [0.25, 0.3) is 0 Å². The lowest BCUT2D eigenvalue weighted by atomic mass is 10.1. The first kappa shape index (κ1) is 25.0. The van der Waals surface area contributed by atoms with E-state index in [1.54, 1.807) is 16.7 Å². The number of aryl methyl sites for hydroxylation is 2. The second-order valence-electron chi connectivity index (χ2n) is 8.06. The van der Waals surface area contributed by atoms with Crippen LogP contribution in [0.2, 0.25) is 0 Å². The van der Waals surface area contributed by atoms with Gasteiger partial charge < -0.3 is 10.2 Å². The molecule has 0 unspecified atom stereocenters. The fraction of sp³-hybridized carbons (Fsp3) is 0.462. The van der Waals surface area contributed by atoms with Crippen LogP contribution in [-0.4, -0.2) is 35.1 Å². The van der Waals surface area contributed by atoms with E-state index < -0.39 is 6.04 Å². The Morgan fingerprint density at radius 1 is 1.00 bits per heavy atom. The van der Waals surface area contributed by atoms with Crippen molar-refractivity contribution in [3.05, 3.63) is 70.8 Å². The predicted octanol–water partition coefficient (Wildman–Crippen LogP) is 5.26. The monoisotopic (exact) mass is 440 g/mol. The van der Waals surface area contributed by atoms with Crippen molar-refractivity contribution in [3.8, 4) is 0 Å². The maximum atomic E-state index is 13.2. The van der Waals surface area contributed by atoms with E-state index in [1.165, 1.54) is 16.7 Å². The number of nitrogens with zero attached hydrogens (tertiary/aromatic N) is 1. The number of carbonyl (C=O) groups is 2. The molecular weight excluding hydrogens is 404 g/mol. The summed E-state index contributed by atoms with van der Waals surface area (Å²) < 4.78 is 0. The number of unbranched alkanes of at least 4 members (excludes halogenated alkanes) is 1. The quantitative estimate of drug-likeness (QED) is 0.458. The van der Waals surface area contributed by atoms with Gasteiger partial charge in [0, 0.05) is 18.8 Å². The lowest BCUT2D eigenvalue weighted by Gasteiger charge is -2.30. The summed E-state index contributed by atoms with van der Waals surface area (Å²) in [6, 6.07) is 15.9. The van der Waals surface area contributed by atoms with Crippen molar-refractivity contribution in [2.45, 2.75) is 65.3 Å². The first-order valence-electron chi connectivity index (χ1n) is 11.2. The third kappa shape index (κ3) is 8.41. The zero-order chi connectivity index (χ0) is 22.6. The molecule has 2 amide bonds. The van der Waals surface area contributed by atoms with Crippen molar-refractivity contribution >= 4 is 23.6 Å². The molecule has 0 saturated heterocycles. The van der Waals surface area contributed by atoms with Crippen LogP contribution >= 0.6 is 11.8 Å². The molecule has 4 nitrogen and oxygen atoms in total. The summed E-state index contributed by atoms with van der Waals surface area (Å²) in [4.78, 5) is 27.8. The number of carbonyl (C=O) groups excluding carboxylic acids is 2. The zero-order valence-corrected chi connectivity index (χ0v) is 20.1. The first-order valence-corrected chi connectivity index (χ1v) is 12.4. The van der Waals surface area contributed by atoms with Crippen molar-refractivity contribution in [2.75, 3.05) is 12.3 Å². The van der Waals surface area contributed by atoms with Crippen LogP contribution in [0.3, 0.4) is 0 Å². The van der Waals surface area contributed by atoms with Gasteiger partial charge in [-0.1, -0.05) is 79.9 Å². The Bertz CT molecular complexity index is 818. The highest BCUT2D eigenvalue weighted by atomic mass is 32.2. The van der Waals surface area contributed by atoms with Gasteiger partial charge >= 0.3 is 0 Å². The minimum absolute atomic E-state index is 0.00993. The second kappa shape index (κ2) is 13.2. The van der Waals surface area contributed by atoms with Crippen LogP contribution in [0, 0.1) is 13.8 Å². The van der Waals surface area contributed by atoms with Crippen molar-refractivity contribution in [2.24, 2.45) is 0 Å². The lowest BCUT2D eigenvalue weighted by molar-refractivity contribution is -0.139. The van der Waals surface area contributed by atoms with Crippen LogP contribution in [0.4, 0.5) is 0 Å². The van der Waals surface area contributed by atoms with Crippen LogP contribution in [0.25, 0.3) is 0 Å². The molecule has 2 aromatic rings. The minimum atomic E-state index is -0.452. The van der Waals surface area contributed by atoms with Gasteiger partial charge in [-0.2, -0.15) is 0 Å². The van der Waals surface area contributed by atoms with Crippen LogP contribution in [0.1, 0.15) is 55.4 Å². The van der Waals surface area contributed by atoms with Crippen LogP contribution in [0.15, 0.2) is 48.5 Å². The molecular formula is C26H36N2O2S. The number of rotatable bonds is 12. The lowest BCUT2D eigenvalue weighted by Crippen LogP contribution is -2.49. The van der Waals surface area contributed by atoms with Gasteiger partial charge in [0.2, 0.25) is 11.8 Å². The molecule has 0 saturated carbocycles. The molecule has 0 aliphatic heterocycles. The molecule has 1 N–H and O–H groups in total. The van der Waals surface area contributed by atoms with Crippen LogP contribution in [-0.2, 0) is 21.9 Å². The van der Waals surface area contributed by atoms with E-state index in [9.17, 15) is 9.59 Å². The summed E-state index contributed by atoms with van der Waals surface area (Å²) in [5.74, 6) is 1.10. The summed E-state index contributed by atoms with van der Waals surface area (Å²) in [5.41, 5.74) is 4.74.